The number of morpholine rings is 1. The minimum atomic E-state index is -0.0702. The third-order valence-corrected chi connectivity index (χ3v) is 2.75. The molecule has 1 fully saturated rings. The van der Waals surface area contributed by atoms with E-state index in [2.05, 4.69) is 5.32 Å². The van der Waals surface area contributed by atoms with E-state index in [4.69, 9.17) is 9.47 Å². The Morgan fingerprint density at radius 3 is 3.13 bits per heavy atom. The Morgan fingerprint density at radius 1 is 1.33 bits per heavy atom. The Bertz CT molecular complexity index is 405. The number of carbonyl (C=O) groups is 1. The highest BCUT2D eigenvalue weighted by Gasteiger charge is 2.36. The van der Waals surface area contributed by atoms with Crippen LogP contribution in [0.15, 0.2) is 24.3 Å². The van der Waals surface area contributed by atoms with Gasteiger partial charge in [0.15, 0.2) is 0 Å². The second-order valence-electron chi connectivity index (χ2n) is 3.75. The van der Waals surface area contributed by atoms with Crippen molar-refractivity contribution >= 4 is 5.91 Å². The molecule has 2 heterocycles. The SMILES string of the molecule is O=C1CO[C@H]2c3ccccc3OC[C@@H]2N1. The smallest absolute Gasteiger partial charge is 0.246 e. The van der Waals surface area contributed by atoms with Crippen LogP contribution in [0.3, 0.4) is 0 Å². The number of carbonyl (C=O) groups excluding carboxylic acids is 1. The Morgan fingerprint density at radius 2 is 2.20 bits per heavy atom. The lowest BCUT2D eigenvalue weighted by molar-refractivity contribution is -0.139. The van der Waals surface area contributed by atoms with Crippen molar-refractivity contribution in [1.82, 2.24) is 5.32 Å². The zero-order valence-corrected chi connectivity index (χ0v) is 8.10. The molecule has 4 heteroatoms. The summed E-state index contributed by atoms with van der Waals surface area (Å²) in [5.74, 6) is 0.786. The number of para-hydroxylation sites is 1. The first-order chi connectivity index (χ1) is 7.34. The van der Waals surface area contributed by atoms with Crippen molar-refractivity contribution in [2.45, 2.75) is 12.1 Å². The first kappa shape index (κ1) is 8.73. The molecule has 1 aromatic rings. The Kier molecular flexibility index (Phi) is 1.89. The van der Waals surface area contributed by atoms with E-state index < -0.39 is 0 Å². The highest BCUT2D eigenvalue weighted by molar-refractivity contribution is 5.78. The largest absolute Gasteiger partial charge is 0.491 e. The molecule has 2 aliphatic rings. The van der Waals surface area contributed by atoms with Crippen LogP contribution in [0.5, 0.6) is 5.75 Å². The van der Waals surface area contributed by atoms with Gasteiger partial charge in [-0.05, 0) is 6.07 Å². The molecule has 78 valence electrons. The van der Waals surface area contributed by atoms with Crippen LogP contribution in [0.25, 0.3) is 0 Å². The molecule has 0 saturated carbocycles. The first-order valence-electron chi connectivity index (χ1n) is 4.97. The molecule has 0 aromatic heterocycles. The highest BCUT2D eigenvalue weighted by atomic mass is 16.5. The van der Waals surface area contributed by atoms with E-state index >= 15 is 0 Å². The molecule has 0 radical (unpaired) electrons. The lowest BCUT2D eigenvalue weighted by atomic mass is 9.98. The van der Waals surface area contributed by atoms with Crippen LogP contribution in [-0.2, 0) is 9.53 Å². The predicted molar refractivity (Wildman–Crippen MR) is 52.6 cm³/mol. The van der Waals surface area contributed by atoms with Gasteiger partial charge in [0.1, 0.15) is 25.1 Å². The zero-order chi connectivity index (χ0) is 10.3. The quantitative estimate of drug-likeness (QED) is 0.676. The average Bonchev–Trinajstić information content (AvgIpc) is 2.28. The Labute approximate surface area is 87.2 Å². The van der Waals surface area contributed by atoms with Gasteiger partial charge in [0.2, 0.25) is 5.91 Å². The lowest BCUT2D eigenvalue weighted by Gasteiger charge is -2.36. The van der Waals surface area contributed by atoms with Gasteiger partial charge in [-0.25, -0.2) is 0 Å². The molecule has 0 aliphatic carbocycles. The Balaban J connectivity index is 1.97. The van der Waals surface area contributed by atoms with Gasteiger partial charge in [-0.1, -0.05) is 18.2 Å². The minimum absolute atomic E-state index is 0.0545. The van der Waals surface area contributed by atoms with Gasteiger partial charge in [0.25, 0.3) is 0 Å². The van der Waals surface area contributed by atoms with Gasteiger partial charge in [-0.15, -0.1) is 0 Å². The molecule has 2 atom stereocenters. The third kappa shape index (κ3) is 1.37. The fourth-order valence-electron chi connectivity index (χ4n) is 2.07. The van der Waals surface area contributed by atoms with Gasteiger partial charge >= 0.3 is 0 Å². The second-order valence-corrected chi connectivity index (χ2v) is 3.75. The average molecular weight is 205 g/mol. The fraction of sp³-hybridized carbons (Fsp3) is 0.364. The molecule has 0 unspecified atom stereocenters. The van der Waals surface area contributed by atoms with Gasteiger partial charge in [-0.2, -0.15) is 0 Å². The van der Waals surface area contributed by atoms with Crippen molar-refractivity contribution in [2.24, 2.45) is 0 Å². The van der Waals surface area contributed by atoms with Gasteiger partial charge in [0, 0.05) is 5.56 Å². The standard InChI is InChI=1S/C11H11NO3/c13-10-6-15-11-7-3-1-2-4-9(7)14-5-8(11)12-10/h1-4,8,11H,5-6H2,(H,12,13)/t8-,11-/m0/s1. The Hall–Kier alpha value is -1.55. The third-order valence-electron chi connectivity index (χ3n) is 2.75. The van der Waals surface area contributed by atoms with E-state index in [0.717, 1.165) is 11.3 Å². The maximum Gasteiger partial charge on any atom is 0.246 e. The molecular formula is C11H11NO3. The van der Waals surface area contributed by atoms with E-state index in [9.17, 15) is 4.79 Å². The van der Waals surface area contributed by atoms with E-state index in [1.54, 1.807) is 0 Å². The topological polar surface area (TPSA) is 47.6 Å². The summed E-state index contributed by atoms with van der Waals surface area (Å²) in [5.41, 5.74) is 1.02. The second kappa shape index (κ2) is 3.24. The summed E-state index contributed by atoms with van der Waals surface area (Å²) < 4.78 is 11.1. The highest BCUT2D eigenvalue weighted by Crippen LogP contribution is 2.35. The molecule has 4 nitrogen and oxygen atoms in total. The summed E-state index contributed by atoms with van der Waals surface area (Å²) in [6, 6.07) is 7.72. The van der Waals surface area contributed by atoms with E-state index in [0.29, 0.717) is 6.61 Å². The summed E-state index contributed by atoms with van der Waals surface area (Å²) in [4.78, 5) is 11.1. The van der Waals surface area contributed by atoms with E-state index in [1.165, 1.54) is 0 Å². The number of rotatable bonds is 0. The van der Waals surface area contributed by atoms with Crippen molar-refractivity contribution in [1.29, 1.82) is 0 Å². The lowest BCUT2D eigenvalue weighted by Crippen LogP contribution is -2.52. The minimum Gasteiger partial charge on any atom is -0.491 e. The molecule has 1 aromatic carbocycles. The summed E-state index contributed by atoms with van der Waals surface area (Å²) in [5, 5.41) is 2.87. The van der Waals surface area contributed by atoms with Gasteiger partial charge < -0.3 is 14.8 Å². The number of fused-ring (bicyclic) bond motifs is 3. The maximum absolute atomic E-state index is 11.1. The number of hydrogen-bond donors (Lipinski definition) is 1. The van der Waals surface area contributed by atoms with Gasteiger partial charge in [-0.3, -0.25) is 4.79 Å². The molecule has 2 aliphatic heterocycles. The predicted octanol–water partition coefficient (Wildman–Crippen LogP) is 0.635. The van der Waals surface area contributed by atoms with Crippen LogP contribution in [0.4, 0.5) is 0 Å². The number of benzene rings is 1. The first-order valence-corrected chi connectivity index (χ1v) is 4.97. The van der Waals surface area contributed by atoms with Crippen molar-refractivity contribution < 1.29 is 14.3 Å². The molecular weight excluding hydrogens is 194 g/mol. The number of nitrogens with one attached hydrogen (secondary N) is 1. The summed E-state index contributed by atoms with van der Waals surface area (Å²) in [7, 11) is 0. The van der Waals surface area contributed by atoms with Crippen LogP contribution in [0.2, 0.25) is 0 Å². The molecule has 0 spiro atoms. The zero-order valence-electron chi connectivity index (χ0n) is 8.10. The van der Waals surface area contributed by atoms with E-state index in [1.807, 2.05) is 24.3 Å². The molecule has 1 amide bonds. The summed E-state index contributed by atoms with van der Waals surface area (Å²) in [6.07, 6.45) is -0.0624. The maximum atomic E-state index is 11.1. The number of ether oxygens (including phenoxy) is 2. The summed E-state index contributed by atoms with van der Waals surface area (Å²) >= 11 is 0. The van der Waals surface area contributed by atoms with E-state index in [-0.39, 0.29) is 24.7 Å². The molecule has 0 bridgehead atoms. The van der Waals surface area contributed by atoms with Crippen LogP contribution in [-0.4, -0.2) is 25.2 Å². The molecule has 1 N–H and O–H groups in total. The number of hydrogen-bond acceptors (Lipinski definition) is 3. The molecule has 15 heavy (non-hydrogen) atoms. The molecule has 3 rings (SSSR count). The van der Waals surface area contributed by atoms with Gasteiger partial charge in [0.05, 0.1) is 6.04 Å². The normalized spacial score (nSPS) is 28.4. The van der Waals surface area contributed by atoms with Crippen molar-refractivity contribution in [3.8, 4) is 5.75 Å². The fourth-order valence-corrected chi connectivity index (χ4v) is 2.07. The number of amides is 1. The van der Waals surface area contributed by atoms with Crippen LogP contribution in [0, 0.1) is 0 Å². The molecule has 1 saturated heterocycles. The monoisotopic (exact) mass is 205 g/mol. The summed E-state index contributed by atoms with van der Waals surface area (Å²) in [6.45, 7) is 0.614. The van der Waals surface area contributed by atoms with Crippen LogP contribution in [0.1, 0.15) is 11.7 Å². The van der Waals surface area contributed by atoms with Crippen molar-refractivity contribution in [3.63, 3.8) is 0 Å². The van der Waals surface area contributed by atoms with Crippen LogP contribution < -0.4 is 10.1 Å². The van der Waals surface area contributed by atoms with Crippen molar-refractivity contribution in [2.75, 3.05) is 13.2 Å². The van der Waals surface area contributed by atoms with Crippen LogP contribution >= 0.6 is 0 Å². The van der Waals surface area contributed by atoms with Crippen molar-refractivity contribution in [3.05, 3.63) is 29.8 Å².